The molecule has 0 aliphatic heterocycles. The van der Waals surface area contributed by atoms with Gasteiger partial charge in [0.15, 0.2) is 0 Å². The van der Waals surface area contributed by atoms with E-state index in [-0.39, 0.29) is 5.91 Å². The molecule has 0 atom stereocenters. The first-order valence-electron chi connectivity index (χ1n) is 9.17. The summed E-state index contributed by atoms with van der Waals surface area (Å²) in [5.41, 5.74) is 4.90. The Hall–Kier alpha value is -3.60. The molecule has 0 radical (unpaired) electrons. The molecule has 0 spiro atoms. The molecule has 2 aromatic carbocycles. The molecular weight excluding hydrogens is 350 g/mol. The standard InChI is InChI=1S/C23H21N3O2/c1-28-21-7-3-6-20(14-21)26-22(27)9-8-16-4-2-5-17(12-16)19-13-18-10-11-24-23(18)25-15-19/h2-7,10-15H,8-9H2,1H3,(H,24,25)(H,26,27). The van der Waals surface area contributed by atoms with Crippen LogP contribution in [0.3, 0.4) is 0 Å². The summed E-state index contributed by atoms with van der Waals surface area (Å²) in [4.78, 5) is 19.9. The van der Waals surface area contributed by atoms with E-state index < -0.39 is 0 Å². The molecule has 4 aromatic rings. The summed E-state index contributed by atoms with van der Waals surface area (Å²) in [7, 11) is 1.61. The Morgan fingerprint density at radius 2 is 1.96 bits per heavy atom. The molecule has 2 aromatic heterocycles. The fourth-order valence-electron chi connectivity index (χ4n) is 3.19. The Balaban J connectivity index is 1.42. The van der Waals surface area contributed by atoms with Crippen LogP contribution in [0.1, 0.15) is 12.0 Å². The van der Waals surface area contributed by atoms with Crippen molar-refractivity contribution < 1.29 is 9.53 Å². The molecule has 140 valence electrons. The van der Waals surface area contributed by atoms with Gasteiger partial charge in [-0.25, -0.2) is 4.98 Å². The number of methoxy groups -OCH3 is 1. The highest BCUT2D eigenvalue weighted by molar-refractivity contribution is 5.91. The Morgan fingerprint density at radius 3 is 2.86 bits per heavy atom. The van der Waals surface area contributed by atoms with E-state index in [4.69, 9.17) is 4.74 Å². The van der Waals surface area contributed by atoms with Crippen molar-refractivity contribution in [2.24, 2.45) is 0 Å². The number of pyridine rings is 1. The predicted molar refractivity (Wildman–Crippen MR) is 111 cm³/mol. The summed E-state index contributed by atoms with van der Waals surface area (Å²) in [6.45, 7) is 0. The number of amides is 1. The molecule has 1 amide bonds. The second-order valence-electron chi connectivity index (χ2n) is 6.62. The Labute approximate surface area is 163 Å². The molecule has 0 aliphatic rings. The van der Waals surface area contributed by atoms with Gasteiger partial charge >= 0.3 is 0 Å². The van der Waals surface area contributed by atoms with Crippen LogP contribution >= 0.6 is 0 Å². The highest BCUT2D eigenvalue weighted by Gasteiger charge is 2.06. The molecule has 0 unspecified atom stereocenters. The van der Waals surface area contributed by atoms with Crippen molar-refractivity contribution in [1.82, 2.24) is 9.97 Å². The van der Waals surface area contributed by atoms with E-state index in [0.29, 0.717) is 12.8 Å². The lowest BCUT2D eigenvalue weighted by Crippen LogP contribution is -2.12. The first-order chi connectivity index (χ1) is 13.7. The number of aromatic nitrogens is 2. The van der Waals surface area contributed by atoms with Gasteiger partial charge in [0.05, 0.1) is 7.11 Å². The van der Waals surface area contributed by atoms with E-state index in [9.17, 15) is 4.79 Å². The highest BCUT2D eigenvalue weighted by Crippen LogP contribution is 2.24. The van der Waals surface area contributed by atoms with E-state index in [1.807, 2.05) is 54.9 Å². The number of anilines is 1. The number of hydrogen-bond donors (Lipinski definition) is 2. The number of nitrogens with zero attached hydrogens (tertiary/aromatic N) is 1. The third-order valence-electron chi connectivity index (χ3n) is 4.65. The summed E-state index contributed by atoms with van der Waals surface area (Å²) >= 11 is 0. The van der Waals surface area contributed by atoms with Crippen LogP contribution in [0.4, 0.5) is 5.69 Å². The van der Waals surface area contributed by atoms with Gasteiger partial charge in [0.2, 0.25) is 5.91 Å². The Kier molecular flexibility index (Phi) is 5.06. The predicted octanol–water partition coefficient (Wildman–Crippen LogP) is 4.81. The fraction of sp³-hybridized carbons (Fsp3) is 0.130. The molecule has 0 aliphatic carbocycles. The molecule has 2 heterocycles. The number of hydrogen-bond acceptors (Lipinski definition) is 3. The van der Waals surface area contributed by atoms with E-state index in [1.54, 1.807) is 7.11 Å². The monoisotopic (exact) mass is 371 g/mol. The number of carbonyl (C=O) groups is 1. The normalized spacial score (nSPS) is 10.8. The maximum atomic E-state index is 12.3. The average Bonchev–Trinajstić information content (AvgIpc) is 3.20. The van der Waals surface area contributed by atoms with Gasteiger partial charge in [-0.1, -0.05) is 30.3 Å². The van der Waals surface area contributed by atoms with Crippen molar-refractivity contribution in [3.63, 3.8) is 0 Å². The molecule has 4 rings (SSSR count). The van der Waals surface area contributed by atoms with Crippen molar-refractivity contribution >= 4 is 22.6 Å². The van der Waals surface area contributed by atoms with E-state index in [2.05, 4.69) is 33.5 Å². The number of nitrogens with one attached hydrogen (secondary N) is 2. The van der Waals surface area contributed by atoms with Gasteiger partial charge in [-0.15, -0.1) is 0 Å². The zero-order chi connectivity index (χ0) is 19.3. The van der Waals surface area contributed by atoms with Gasteiger partial charge in [0, 0.05) is 41.5 Å². The second kappa shape index (κ2) is 7.96. The van der Waals surface area contributed by atoms with Crippen molar-refractivity contribution in [2.45, 2.75) is 12.8 Å². The molecule has 0 fully saturated rings. The van der Waals surface area contributed by atoms with Gasteiger partial charge in [-0.05, 0) is 41.8 Å². The summed E-state index contributed by atoms with van der Waals surface area (Å²) in [5, 5.41) is 4.00. The van der Waals surface area contributed by atoms with Gasteiger partial charge in [0.25, 0.3) is 0 Å². The number of benzene rings is 2. The van der Waals surface area contributed by atoms with E-state index >= 15 is 0 Å². The molecule has 28 heavy (non-hydrogen) atoms. The molecule has 5 nitrogen and oxygen atoms in total. The fourth-order valence-corrected chi connectivity index (χ4v) is 3.19. The number of carbonyl (C=O) groups excluding carboxylic acids is 1. The zero-order valence-electron chi connectivity index (χ0n) is 15.6. The number of H-pyrrole nitrogens is 1. The highest BCUT2D eigenvalue weighted by atomic mass is 16.5. The quantitative estimate of drug-likeness (QED) is 0.511. The average molecular weight is 371 g/mol. The minimum atomic E-state index is -0.0194. The molecular formula is C23H21N3O2. The van der Waals surface area contributed by atoms with Crippen LogP contribution < -0.4 is 10.1 Å². The van der Waals surface area contributed by atoms with Gasteiger partial charge < -0.3 is 15.0 Å². The summed E-state index contributed by atoms with van der Waals surface area (Å²) in [5.74, 6) is 0.701. The van der Waals surface area contributed by atoms with E-state index in [0.717, 1.165) is 39.2 Å². The lowest BCUT2D eigenvalue weighted by atomic mass is 10.0. The number of aromatic amines is 1. The molecule has 0 saturated heterocycles. The molecule has 0 bridgehead atoms. The summed E-state index contributed by atoms with van der Waals surface area (Å²) < 4.78 is 5.18. The van der Waals surface area contributed by atoms with Crippen LogP contribution in [0.25, 0.3) is 22.2 Å². The lowest BCUT2D eigenvalue weighted by molar-refractivity contribution is -0.116. The number of ether oxygens (including phenoxy) is 1. The Morgan fingerprint density at radius 1 is 1.07 bits per heavy atom. The van der Waals surface area contributed by atoms with Gasteiger partial charge in [-0.3, -0.25) is 4.79 Å². The van der Waals surface area contributed by atoms with Crippen molar-refractivity contribution in [2.75, 3.05) is 12.4 Å². The molecule has 5 heteroatoms. The number of rotatable bonds is 6. The second-order valence-corrected chi connectivity index (χ2v) is 6.62. The van der Waals surface area contributed by atoms with Crippen molar-refractivity contribution in [3.8, 4) is 16.9 Å². The van der Waals surface area contributed by atoms with Crippen LogP contribution in [0, 0.1) is 0 Å². The topological polar surface area (TPSA) is 67.0 Å². The maximum Gasteiger partial charge on any atom is 0.224 e. The maximum absolute atomic E-state index is 12.3. The number of aryl methyl sites for hydroxylation is 1. The first-order valence-corrected chi connectivity index (χ1v) is 9.17. The van der Waals surface area contributed by atoms with E-state index in [1.165, 1.54) is 0 Å². The molecule has 0 saturated carbocycles. The number of fused-ring (bicyclic) bond motifs is 1. The summed E-state index contributed by atoms with van der Waals surface area (Å²) in [6.07, 6.45) is 4.84. The van der Waals surface area contributed by atoms with Crippen LogP contribution in [-0.2, 0) is 11.2 Å². The SMILES string of the molecule is COc1cccc(NC(=O)CCc2cccc(-c3cnc4[nH]ccc4c3)c2)c1. The summed E-state index contributed by atoms with van der Waals surface area (Å²) in [6, 6.07) is 19.7. The van der Waals surface area contributed by atoms with Crippen LogP contribution in [0.5, 0.6) is 5.75 Å². The lowest BCUT2D eigenvalue weighted by Gasteiger charge is -2.08. The van der Waals surface area contributed by atoms with Crippen LogP contribution in [0.2, 0.25) is 0 Å². The zero-order valence-corrected chi connectivity index (χ0v) is 15.6. The third-order valence-corrected chi connectivity index (χ3v) is 4.65. The molecule has 2 N–H and O–H groups in total. The van der Waals surface area contributed by atoms with Crippen LogP contribution in [0.15, 0.2) is 73.1 Å². The minimum absolute atomic E-state index is 0.0194. The largest absolute Gasteiger partial charge is 0.497 e. The minimum Gasteiger partial charge on any atom is -0.497 e. The van der Waals surface area contributed by atoms with Gasteiger partial charge in [0.1, 0.15) is 11.4 Å². The Bertz CT molecular complexity index is 1120. The van der Waals surface area contributed by atoms with Crippen molar-refractivity contribution in [1.29, 1.82) is 0 Å². The van der Waals surface area contributed by atoms with Crippen LogP contribution in [-0.4, -0.2) is 23.0 Å². The third kappa shape index (κ3) is 4.04. The smallest absolute Gasteiger partial charge is 0.224 e. The first kappa shape index (κ1) is 17.8. The van der Waals surface area contributed by atoms with Crippen molar-refractivity contribution in [3.05, 3.63) is 78.6 Å². The van der Waals surface area contributed by atoms with Gasteiger partial charge in [-0.2, -0.15) is 0 Å².